The van der Waals surface area contributed by atoms with E-state index >= 15 is 0 Å². The minimum Gasteiger partial charge on any atom is -0.219 e. The molecule has 0 aliphatic carbocycles. The molecule has 1 aromatic rings. The molecule has 0 unspecified atom stereocenters. The van der Waals surface area contributed by atoms with Crippen LogP contribution in [0.3, 0.4) is 0 Å². The molecule has 2 nitrogen and oxygen atoms in total. The monoisotopic (exact) mass is 304 g/mol. The van der Waals surface area contributed by atoms with Gasteiger partial charge in [-0.3, -0.25) is 0 Å². The molecular weight excluding hydrogens is 296 g/mol. The Labute approximate surface area is 102 Å². The van der Waals surface area contributed by atoms with Crippen LogP contribution >= 0.6 is 27.7 Å². The van der Waals surface area contributed by atoms with Crippen molar-refractivity contribution in [2.45, 2.75) is 4.90 Å². The highest BCUT2D eigenvalue weighted by Gasteiger charge is 2.26. The van der Waals surface area contributed by atoms with Crippen LogP contribution in [0.4, 0.5) is 0 Å². The van der Waals surface area contributed by atoms with Gasteiger partial charge in [-0.15, -0.1) is 0 Å². The highest BCUT2D eigenvalue weighted by Crippen LogP contribution is 2.36. The molecule has 0 fully saturated rings. The van der Waals surface area contributed by atoms with Gasteiger partial charge in [0.2, 0.25) is 9.84 Å². The number of fused-ring (bicyclic) bond motifs is 1. The Balaban J connectivity index is 2.63. The molecule has 0 aromatic heterocycles. The number of thioether (sulfide) groups is 1. The fourth-order valence-electron chi connectivity index (χ4n) is 1.58. The lowest BCUT2D eigenvalue weighted by atomic mass is 10.1. The minimum atomic E-state index is -3.19. The average Bonchev–Trinajstić information content (AvgIpc) is 2.39. The lowest BCUT2D eigenvalue weighted by Gasteiger charge is -2.02. The van der Waals surface area contributed by atoms with E-state index in [2.05, 4.69) is 15.9 Å². The van der Waals surface area contributed by atoms with E-state index in [4.69, 9.17) is 0 Å². The largest absolute Gasteiger partial charge is 0.219 e. The predicted octanol–water partition coefficient (Wildman–Crippen LogP) is 2.94. The van der Waals surface area contributed by atoms with E-state index < -0.39 is 9.84 Å². The van der Waals surface area contributed by atoms with Crippen LogP contribution in [0.25, 0.3) is 5.57 Å². The Kier molecular flexibility index (Phi) is 2.96. The maximum absolute atomic E-state index is 11.7. The van der Waals surface area contributed by atoms with Crippen LogP contribution in [0.1, 0.15) is 5.56 Å². The first-order chi connectivity index (χ1) is 7.04. The molecule has 2 rings (SSSR count). The van der Waals surface area contributed by atoms with Crippen molar-refractivity contribution in [3.63, 3.8) is 0 Å². The van der Waals surface area contributed by atoms with Crippen molar-refractivity contribution >= 4 is 43.1 Å². The summed E-state index contributed by atoms with van der Waals surface area (Å²) in [6.45, 7) is 0. The van der Waals surface area contributed by atoms with Crippen LogP contribution in [0.5, 0.6) is 0 Å². The zero-order valence-corrected chi connectivity index (χ0v) is 11.2. The van der Waals surface area contributed by atoms with Crippen molar-refractivity contribution in [3.8, 4) is 0 Å². The lowest BCUT2D eigenvalue weighted by molar-refractivity contribution is 0.605. The van der Waals surface area contributed by atoms with E-state index in [1.54, 1.807) is 23.9 Å². The van der Waals surface area contributed by atoms with Gasteiger partial charge in [0.05, 0.1) is 4.90 Å². The van der Waals surface area contributed by atoms with Crippen LogP contribution in [-0.4, -0.2) is 20.4 Å². The summed E-state index contributed by atoms with van der Waals surface area (Å²) in [4.78, 5) is 0.426. The van der Waals surface area contributed by atoms with E-state index in [0.29, 0.717) is 4.90 Å². The lowest BCUT2D eigenvalue weighted by Crippen LogP contribution is -1.92. The standard InChI is InChI=1S/C10H9BrO2S2/c1-14-5-7-6-15(12,13)10-3-2-8(11)4-9(7)10/h2-4,6H,5H2,1H3. The molecule has 0 bridgehead atoms. The third kappa shape index (κ3) is 2.00. The molecule has 1 aliphatic heterocycles. The van der Waals surface area contributed by atoms with Crippen LogP contribution in [-0.2, 0) is 9.84 Å². The van der Waals surface area contributed by atoms with Gasteiger partial charge in [-0.2, -0.15) is 11.8 Å². The second-order valence-electron chi connectivity index (χ2n) is 3.26. The molecular formula is C10H9BrO2S2. The van der Waals surface area contributed by atoms with Gasteiger partial charge in [0.1, 0.15) is 0 Å². The Hall–Kier alpha value is -0.260. The van der Waals surface area contributed by atoms with E-state index in [1.807, 2.05) is 12.3 Å². The Morgan fingerprint density at radius 2 is 2.13 bits per heavy atom. The maximum atomic E-state index is 11.7. The summed E-state index contributed by atoms with van der Waals surface area (Å²) in [5.41, 5.74) is 1.72. The number of sulfone groups is 1. The molecule has 0 atom stereocenters. The Morgan fingerprint density at radius 1 is 1.40 bits per heavy atom. The second-order valence-corrected chi connectivity index (χ2v) is 6.81. The topological polar surface area (TPSA) is 34.1 Å². The van der Waals surface area contributed by atoms with E-state index in [-0.39, 0.29) is 0 Å². The summed E-state index contributed by atoms with van der Waals surface area (Å²) in [6, 6.07) is 5.27. The number of rotatable bonds is 2. The number of hydrogen-bond donors (Lipinski definition) is 0. The zero-order valence-electron chi connectivity index (χ0n) is 8.03. The second kappa shape index (κ2) is 3.96. The third-order valence-electron chi connectivity index (χ3n) is 2.19. The van der Waals surface area contributed by atoms with Gasteiger partial charge in [-0.25, -0.2) is 8.42 Å². The molecule has 0 spiro atoms. The van der Waals surface area contributed by atoms with Gasteiger partial charge < -0.3 is 0 Å². The summed E-state index contributed by atoms with van der Waals surface area (Å²) in [7, 11) is -3.19. The molecule has 1 heterocycles. The fraction of sp³-hybridized carbons (Fsp3) is 0.200. The van der Waals surface area contributed by atoms with E-state index in [9.17, 15) is 8.42 Å². The minimum absolute atomic E-state index is 0.426. The number of halogens is 1. The highest BCUT2D eigenvalue weighted by molar-refractivity contribution is 9.10. The fourth-order valence-corrected chi connectivity index (χ4v) is 4.07. The van der Waals surface area contributed by atoms with Crippen LogP contribution in [0, 0.1) is 0 Å². The number of benzene rings is 1. The average molecular weight is 305 g/mol. The van der Waals surface area contributed by atoms with Gasteiger partial charge in [-0.1, -0.05) is 15.9 Å². The van der Waals surface area contributed by atoms with E-state index in [0.717, 1.165) is 21.4 Å². The smallest absolute Gasteiger partial charge is 0.200 e. The van der Waals surface area contributed by atoms with Crippen molar-refractivity contribution in [2.75, 3.05) is 12.0 Å². The quantitative estimate of drug-likeness (QED) is 0.842. The van der Waals surface area contributed by atoms with Crippen molar-refractivity contribution in [3.05, 3.63) is 33.6 Å². The summed E-state index contributed by atoms with van der Waals surface area (Å²) in [5.74, 6) is 0.725. The summed E-state index contributed by atoms with van der Waals surface area (Å²) >= 11 is 4.97. The molecule has 1 aliphatic rings. The Bertz CT molecular complexity index is 532. The van der Waals surface area contributed by atoms with Crippen molar-refractivity contribution < 1.29 is 8.42 Å². The normalized spacial score (nSPS) is 17.3. The van der Waals surface area contributed by atoms with Gasteiger partial charge in [0, 0.05) is 15.6 Å². The van der Waals surface area contributed by atoms with Crippen molar-refractivity contribution in [2.24, 2.45) is 0 Å². The van der Waals surface area contributed by atoms with Crippen molar-refractivity contribution in [1.82, 2.24) is 0 Å². The molecule has 5 heteroatoms. The van der Waals surface area contributed by atoms with Gasteiger partial charge in [0.15, 0.2) is 0 Å². The summed E-state index contributed by atoms with van der Waals surface area (Å²) < 4.78 is 24.4. The maximum Gasteiger partial charge on any atom is 0.200 e. The molecule has 0 N–H and O–H groups in total. The SMILES string of the molecule is CSCC1=CS(=O)(=O)c2ccc(Br)cc21. The molecule has 0 saturated heterocycles. The van der Waals surface area contributed by atoms with Gasteiger partial charge in [0.25, 0.3) is 0 Å². The van der Waals surface area contributed by atoms with Crippen LogP contribution < -0.4 is 0 Å². The van der Waals surface area contributed by atoms with Crippen LogP contribution in [0.15, 0.2) is 33.0 Å². The van der Waals surface area contributed by atoms with Crippen LogP contribution in [0.2, 0.25) is 0 Å². The highest BCUT2D eigenvalue weighted by atomic mass is 79.9. The molecule has 1 aromatic carbocycles. The zero-order chi connectivity index (χ0) is 11.1. The van der Waals surface area contributed by atoms with Crippen molar-refractivity contribution in [1.29, 1.82) is 0 Å². The molecule has 0 radical (unpaired) electrons. The third-order valence-corrected chi connectivity index (χ3v) is 4.85. The number of hydrogen-bond acceptors (Lipinski definition) is 3. The van der Waals surface area contributed by atoms with E-state index in [1.165, 1.54) is 5.41 Å². The summed E-state index contributed by atoms with van der Waals surface area (Å²) in [6.07, 6.45) is 1.96. The molecule has 0 saturated carbocycles. The first kappa shape index (κ1) is 11.2. The summed E-state index contributed by atoms with van der Waals surface area (Å²) in [5, 5.41) is 1.38. The first-order valence-corrected chi connectivity index (χ1v) is 8.02. The molecule has 0 amide bonds. The molecule has 15 heavy (non-hydrogen) atoms. The predicted molar refractivity (Wildman–Crippen MR) is 67.7 cm³/mol. The van der Waals surface area contributed by atoms with Gasteiger partial charge >= 0.3 is 0 Å². The van der Waals surface area contributed by atoms with Gasteiger partial charge in [-0.05, 0) is 35.6 Å². The first-order valence-electron chi connectivity index (χ1n) is 4.29. The Morgan fingerprint density at radius 3 is 2.80 bits per heavy atom. The molecule has 80 valence electrons.